The minimum absolute atomic E-state index is 0.154. The molecule has 0 radical (unpaired) electrons. The number of carbonyl (C=O) groups excluding carboxylic acids is 1. The van der Waals surface area contributed by atoms with Gasteiger partial charge in [-0.1, -0.05) is 19.1 Å². The molecule has 1 unspecified atom stereocenters. The van der Waals surface area contributed by atoms with Crippen LogP contribution in [0.15, 0.2) is 18.2 Å². The van der Waals surface area contributed by atoms with E-state index in [0.717, 1.165) is 6.07 Å². The van der Waals surface area contributed by atoms with E-state index in [4.69, 9.17) is 0 Å². The molecule has 18 heavy (non-hydrogen) atoms. The summed E-state index contributed by atoms with van der Waals surface area (Å²) in [4.78, 5) is 11.9. The Morgan fingerprint density at radius 1 is 1.39 bits per heavy atom. The Bertz CT molecular complexity index is 440. The van der Waals surface area contributed by atoms with Gasteiger partial charge in [-0.25, -0.2) is 0 Å². The van der Waals surface area contributed by atoms with E-state index in [0.29, 0.717) is 12.0 Å². The van der Waals surface area contributed by atoms with Crippen LogP contribution in [0.25, 0.3) is 0 Å². The molecule has 0 aromatic heterocycles. The third-order valence-corrected chi connectivity index (χ3v) is 2.80. The van der Waals surface area contributed by atoms with Gasteiger partial charge in [-0.3, -0.25) is 4.79 Å². The Morgan fingerprint density at radius 2 is 2.00 bits per heavy atom. The molecular weight excluding hydrogens is 243 g/mol. The van der Waals surface area contributed by atoms with Gasteiger partial charge in [0.2, 0.25) is 0 Å². The quantitative estimate of drug-likeness (QED) is 0.883. The summed E-state index contributed by atoms with van der Waals surface area (Å²) in [5.74, 6) is -0.672. The van der Waals surface area contributed by atoms with E-state index in [9.17, 15) is 18.0 Å². The summed E-state index contributed by atoms with van der Waals surface area (Å²) in [5, 5.41) is 2.56. The standard InChI is InChI=1S/C13H16F3NO/c1-4-9(3)17-12(18)11-8(2)6-5-7-10(11)13(14,15)16/h5-7,9H,4H2,1-3H3,(H,17,18). The van der Waals surface area contributed by atoms with Crippen LogP contribution in [0.5, 0.6) is 0 Å². The molecule has 1 aromatic carbocycles. The van der Waals surface area contributed by atoms with Crippen LogP contribution in [0.3, 0.4) is 0 Å². The molecule has 0 spiro atoms. The van der Waals surface area contributed by atoms with Gasteiger partial charge in [-0.2, -0.15) is 13.2 Å². The van der Waals surface area contributed by atoms with Crippen LogP contribution in [0.2, 0.25) is 0 Å². The van der Waals surface area contributed by atoms with Crippen molar-refractivity contribution < 1.29 is 18.0 Å². The first kappa shape index (κ1) is 14.5. The molecule has 1 atom stereocenters. The fraction of sp³-hybridized carbons (Fsp3) is 0.462. The maximum atomic E-state index is 12.8. The molecule has 0 aliphatic rings. The molecule has 1 amide bonds. The van der Waals surface area contributed by atoms with Crippen LogP contribution in [-0.4, -0.2) is 11.9 Å². The summed E-state index contributed by atoms with van der Waals surface area (Å²) in [6.45, 7) is 5.11. The monoisotopic (exact) mass is 259 g/mol. The lowest BCUT2D eigenvalue weighted by Crippen LogP contribution is -2.34. The van der Waals surface area contributed by atoms with E-state index in [1.165, 1.54) is 19.1 Å². The van der Waals surface area contributed by atoms with Gasteiger partial charge >= 0.3 is 6.18 Å². The van der Waals surface area contributed by atoms with Crippen molar-refractivity contribution in [2.75, 3.05) is 0 Å². The predicted octanol–water partition coefficient (Wildman–Crippen LogP) is 3.54. The van der Waals surface area contributed by atoms with Gasteiger partial charge in [-0.15, -0.1) is 0 Å². The minimum Gasteiger partial charge on any atom is -0.350 e. The Balaban J connectivity index is 3.18. The number of halogens is 3. The largest absolute Gasteiger partial charge is 0.417 e. The predicted molar refractivity (Wildman–Crippen MR) is 63.4 cm³/mol. The smallest absolute Gasteiger partial charge is 0.350 e. The third kappa shape index (κ3) is 3.24. The average Bonchev–Trinajstić information content (AvgIpc) is 2.27. The van der Waals surface area contributed by atoms with Crippen LogP contribution < -0.4 is 5.32 Å². The first-order chi connectivity index (χ1) is 8.27. The van der Waals surface area contributed by atoms with Gasteiger partial charge in [0.1, 0.15) is 0 Å². The SMILES string of the molecule is CCC(C)NC(=O)c1c(C)cccc1C(F)(F)F. The average molecular weight is 259 g/mol. The fourth-order valence-corrected chi connectivity index (χ4v) is 1.60. The number of amides is 1. The highest BCUT2D eigenvalue weighted by Crippen LogP contribution is 2.33. The fourth-order valence-electron chi connectivity index (χ4n) is 1.60. The van der Waals surface area contributed by atoms with Gasteiger partial charge in [-0.05, 0) is 31.9 Å². The highest BCUT2D eigenvalue weighted by molar-refractivity contribution is 5.97. The maximum absolute atomic E-state index is 12.8. The number of benzene rings is 1. The molecule has 0 aliphatic heterocycles. The molecule has 1 rings (SSSR count). The first-order valence-electron chi connectivity index (χ1n) is 5.75. The van der Waals surface area contributed by atoms with Crippen LogP contribution in [0, 0.1) is 6.92 Å². The van der Waals surface area contributed by atoms with Crippen molar-refractivity contribution in [2.24, 2.45) is 0 Å². The van der Waals surface area contributed by atoms with Crippen molar-refractivity contribution in [3.05, 3.63) is 34.9 Å². The zero-order valence-electron chi connectivity index (χ0n) is 10.6. The molecule has 1 N–H and O–H groups in total. The summed E-state index contributed by atoms with van der Waals surface area (Å²) < 4.78 is 38.5. The second kappa shape index (κ2) is 5.42. The summed E-state index contributed by atoms with van der Waals surface area (Å²) in [7, 11) is 0. The second-order valence-electron chi connectivity index (χ2n) is 4.28. The van der Waals surface area contributed by atoms with Crippen LogP contribution in [-0.2, 0) is 6.18 Å². The van der Waals surface area contributed by atoms with E-state index in [2.05, 4.69) is 5.32 Å². The van der Waals surface area contributed by atoms with Crippen molar-refractivity contribution in [2.45, 2.75) is 39.4 Å². The summed E-state index contributed by atoms with van der Waals surface area (Å²) in [5.41, 5.74) is -0.848. The van der Waals surface area contributed by atoms with Gasteiger partial charge in [0.25, 0.3) is 5.91 Å². The minimum atomic E-state index is -4.52. The Morgan fingerprint density at radius 3 is 2.50 bits per heavy atom. The lowest BCUT2D eigenvalue weighted by Gasteiger charge is -2.17. The molecule has 0 fully saturated rings. The molecule has 1 aromatic rings. The molecule has 0 bridgehead atoms. The van der Waals surface area contributed by atoms with Crippen molar-refractivity contribution in [3.8, 4) is 0 Å². The number of rotatable bonds is 3. The molecule has 100 valence electrons. The topological polar surface area (TPSA) is 29.1 Å². The van der Waals surface area contributed by atoms with E-state index in [1.54, 1.807) is 6.92 Å². The highest BCUT2D eigenvalue weighted by atomic mass is 19.4. The molecule has 5 heteroatoms. The highest BCUT2D eigenvalue weighted by Gasteiger charge is 2.35. The zero-order chi connectivity index (χ0) is 13.9. The van der Waals surface area contributed by atoms with Crippen LogP contribution >= 0.6 is 0 Å². The third-order valence-electron chi connectivity index (χ3n) is 2.80. The number of nitrogens with one attached hydrogen (secondary N) is 1. The number of hydrogen-bond donors (Lipinski definition) is 1. The lowest BCUT2D eigenvalue weighted by atomic mass is 10.0. The van der Waals surface area contributed by atoms with Gasteiger partial charge < -0.3 is 5.32 Å². The first-order valence-corrected chi connectivity index (χ1v) is 5.75. The molecule has 0 saturated heterocycles. The molecule has 0 aliphatic carbocycles. The van der Waals surface area contributed by atoms with Crippen molar-refractivity contribution >= 4 is 5.91 Å². The van der Waals surface area contributed by atoms with E-state index >= 15 is 0 Å². The van der Waals surface area contributed by atoms with E-state index in [1.807, 2.05) is 6.92 Å². The Hall–Kier alpha value is -1.52. The molecule has 0 heterocycles. The van der Waals surface area contributed by atoms with E-state index in [-0.39, 0.29) is 11.6 Å². The van der Waals surface area contributed by atoms with Gasteiger partial charge in [0.15, 0.2) is 0 Å². The summed E-state index contributed by atoms with van der Waals surface area (Å²) in [6, 6.07) is 3.58. The van der Waals surface area contributed by atoms with Crippen LogP contribution in [0.4, 0.5) is 13.2 Å². The zero-order valence-corrected chi connectivity index (χ0v) is 10.6. The van der Waals surface area contributed by atoms with E-state index < -0.39 is 17.6 Å². The van der Waals surface area contributed by atoms with Crippen molar-refractivity contribution in [1.29, 1.82) is 0 Å². The summed E-state index contributed by atoms with van der Waals surface area (Å²) >= 11 is 0. The molecule has 2 nitrogen and oxygen atoms in total. The molecule has 0 saturated carbocycles. The molecular formula is C13H16F3NO. The van der Waals surface area contributed by atoms with Crippen molar-refractivity contribution in [3.63, 3.8) is 0 Å². The number of hydrogen-bond acceptors (Lipinski definition) is 1. The van der Waals surface area contributed by atoms with Gasteiger partial charge in [0, 0.05) is 6.04 Å². The normalized spacial score (nSPS) is 13.2. The number of alkyl halides is 3. The maximum Gasteiger partial charge on any atom is 0.417 e. The lowest BCUT2D eigenvalue weighted by molar-refractivity contribution is -0.138. The Labute approximate surface area is 104 Å². The van der Waals surface area contributed by atoms with Crippen LogP contribution in [0.1, 0.15) is 41.8 Å². The summed E-state index contributed by atoms with van der Waals surface area (Å²) in [6.07, 6.45) is -3.85. The Kier molecular flexibility index (Phi) is 4.38. The number of carbonyl (C=O) groups is 1. The second-order valence-corrected chi connectivity index (χ2v) is 4.28. The number of aryl methyl sites for hydroxylation is 1. The van der Waals surface area contributed by atoms with Crippen molar-refractivity contribution in [1.82, 2.24) is 5.32 Å². The van der Waals surface area contributed by atoms with Gasteiger partial charge in [0.05, 0.1) is 11.1 Å².